The molecule has 0 aromatic carbocycles. The van der Waals surface area contributed by atoms with Crippen LogP contribution in [0.2, 0.25) is 0 Å². The Balaban J connectivity index is 1.44. The molecule has 34 heavy (non-hydrogen) atoms. The number of likely N-dealkylation sites (tertiary alicyclic amines) is 1. The number of aliphatic carboxylic acids is 1. The third-order valence-electron chi connectivity index (χ3n) is 8.04. The number of carboxylic acid groups (broad SMARTS) is 1. The van der Waals surface area contributed by atoms with Crippen LogP contribution >= 0.6 is 0 Å². The van der Waals surface area contributed by atoms with Crippen molar-refractivity contribution in [2.75, 3.05) is 6.54 Å². The van der Waals surface area contributed by atoms with Crippen LogP contribution in [0.5, 0.6) is 0 Å². The molecule has 3 aliphatic carbocycles. The lowest BCUT2D eigenvalue weighted by Crippen LogP contribution is -2.59. The molecule has 0 aromatic heterocycles. The van der Waals surface area contributed by atoms with Crippen molar-refractivity contribution < 1.29 is 34.1 Å². The average Bonchev–Trinajstić information content (AvgIpc) is 3.56. The number of amides is 3. The summed E-state index contributed by atoms with van der Waals surface area (Å²) in [7, 11) is 0. The number of fused-ring (bicyclic) bond motifs is 1. The second-order valence-corrected chi connectivity index (χ2v) is 11.7. The number of carboxylic acids is 1. The highest BCUT2D eigenvalue weighted by molar-refractivity contribution is 5.96. The topological polar surface area (TPSA) is 145 Å². The Labute approximate surface area is 199 Å². The van der Waals surface area contributed by atoms with Gasteiger partial charge in [-0.1, -0.05) is 34.1 Å². The molecule has 0 bridgehead atoms. The van der Waals surface area contributed by atoms with Crippen molar-refractivity contribution in [3.05, 3.63) is 0 Å². The van der Waals surface area contributed by atoms with Crippen molar-refractivity contribution in [1.29, 1.82) is 0 Å². The smallest absolute Gasteiger partial charge is 0.408 e. The lowest BCUT2D eigenvalue weighted by Gasteiger charge is -2.35. The van der Waals surface area contributed by atoms with Crippen molar-refractivity contribution in [2.24, 2.45) is 23.2 Å². The maximum Gasteiger partial charge on any atom is 0.408 e. The summed E-state index contributed by atoms with van der Waals surface area (Å²) < 4.78 is 5.56. The average molecular weight is 480 g/mol. The fourth-order valence-corrected chi connectivity index (χ4v) is 5.77. The van der Waals surface area contributed by atoms with Gasteiger partial charge in [0, 0.05) is 13.0 Å². The van der Waals surface area contributed by atoms with Gasteiger partial charge in [-0.3, -0.25) is 9.59 Å². The first-order chi connectivity index (χ1) is 15.9. The van der Waals surface area contributed by atoms with E-state index in [-0.39, 0.29) is 25.0 Å². The number of hydrogen-bond acceptors (Lipinski definition) is 6. The standard InChI is InChI=1S/C24H37N3O7/c1-5-14-10-24(14,21(31)32)26-19(29)17-9-15(28)11-27(17)20(30)18(23(2,3)4)25-22(33)34-16-7-12-6-13(12)8-16/h12-18,28H,5-11H2,1-4H3,(H,25,33)(H,26,29)(H,31,32)/t12?,13?,14?,15?,16?,17?,18-,24?/m1/s1. The van der Waals surface area contributed by atoms with Crippen molar-refractivity contribution in [1.82, 2.24) is 15.5 Å². The third kappa shape index (κ3) is 4.74. The van der Waals surface area contributed by atoms with Crippen molar-refractivity contribution in [2.45, 2.75) is 96.1 Å². The van der Waals surface area contributed by atoms with E-state index in [1.54, 1.807) is 20.8 Å². The number of β-amino-alcohol motifs (C(OH)–C–C–N with tert-alkyl or cyclic N) is 1. The maximum atomic E-state index is 13.6. The van der Waals surface area contributed by atoms with E-state index < -0.39 is 53.0 Å². The van der Waals surface area contributed by atoms with Gasteiger partial charge in [0.1, 0.15) is 23.7 Å². The van der Waals surface area contributed by atoms with Crippen LogP contribution in [0.15, 0.2) is 0 Å². The van der Waals surface area contributed by atoms with Gasteiger partial charge in [0.25, 0.3) is 0 Å². The number of rotatable bonds is 7. The zero-order chi connectivity index (χ0) is 25.0. The molecular weight excluding hydrogens is 442 g/mol. The summed E-state index contributed by atoms with van der Waals surface area (Å²) in [5, 5.41) is 25.3. The van der Waals surface area contributed by atoms with E-state index in [2.05, 4.69) is 10.6 Å². The molecule has 10 heteroatoms. The van der Waals surface area contributed by atoms with Crippen LogP contribution in [0.4, 0.5) is 4.79 Å². The van der Waals surface area contributed by atoms with Crippen LogP contribution in [-0.4, -0.2) is 75.4 Å². The van der Waals surface area contributed by atoms with Gasteiger partial charge in [-0.2, -0.15) is 0 Å². The summed E-state index contributed by atoms with van der Waals surface area (Å²) in [6.45, 7) is 7.21. The number of hydrogen-bond donors (Lipinski definition) is 4. The number of carbonyl (C=O) groups excluding carboxylic acids is 3. The van der Waals surface area contributed by atoms with Gasteiger partial charge in [-0.15, -0.1) is 0 Å². The molecule has 7 atom stereocenters. The second-order valence-electron chi connectivity index (χ2n) is 11.7. The highest BCUT2D eigenvalue weighted by atomic mass is 16.6. The van der Waals surface area contributed by atoms with Gasteiger partial charge in [0.2, 0.25) is 11.8 Å². The second kappa shape index (κ2) is 8.70. The number of nitrogens with one attached hydrogen (secondary N) is 2. The fourth-order valence-electron chi connectivity index (χ4n) is 5.77. The molecule has 0 aromatic rings. The minimum absolute atomic E-state index is 0.0101. The highest BCUT2D eigenvalue weighted by Gasteiger charge is 2.61. The summed E-state index contributed by atoms with van der Waals surface area (Å²) in [6.07, 6.45) is 2.17. The first-order valence-corrected chi connectivity index (χ1v) is 12.4. The summed E-state index contributed by atoms with van der Waals surface area (Å²) in [6, 6.07) is -1.99. The molecule has 6 unspecified atom stereocenters. The molecule has 1 aliphatic heterocycles. The Kier molecular flexibility index (Phi) is 6.33. The van der Waals surface area contributed by atoms with E-state index in [9.17, 15) is 29.4 Å². The Morgan fingerprint density at radius 2 is 1.76 bits per heavy atom. The number of aliphatic hydroxyl groups excluding tert-OH is 1. The molecule has 4 aliphatic rings. The van der Waals surface area contributed by atoms with Crippen LogP contribution in [-0.2, 0) is 19.1 Å². The Bertz CT molecular complexity index is 861. The van der Waals surface area contributed by atoms with E-state index in [1.165, 1.54) is 11.3 Å². The maximum absolute atomic E-state index is 13.6. The van der Waals surface area contributed by atoms with Crippen molar-refractivity contribution in [3.8, 4) is 0 Å². The predicted octanol–water partition coefficient (Wildman–Crippen LogP) is 1.26. The van der Waals surface area contributed by atoms with E-state index >= 15 is 0 Å². The molecule has 0 spiro atoms. The Morgan fingerprint density at radius 3 is 2.29 bits per heavy atom. The van der Waals surface area contributed by atoms with Gasteiger partial charge in [0.15, 0.2) is 0 Å². The molecular formula is C24H37N3O7. The molecule has 10 nitrogen and oxygen atoms in total. The molecule has 190 valence electrons. The normalized spacial score (nSPS) is 36.9. The van der Waals surface area contributed by atoms with Gasteiger partial charge < -0.3 is 30.5 Å². The van der Waals surface area contributed by atoms with Crippen LogP contribution in [0.25, 0.3) is 0 Å². The van der Waals surface area contributed by atoms with Gasteiger partial charge in [0.05, 0.1) is 6.10 Å². The van der Waals surface area contributed by atoms with Crippen LogP contribution < -0.4 is 10.6 Å². The SMILES string of the molecule is CCC1CC1(NC(=O)C1CC(O)CN1C(=O)[C@@H](NC(=O)OC1CC2CC2C1)C(C)(C)C)C(=O)O. The Morgan fingerprint density at radius 1 is 1.12 bits per heavy atom. The van der Waals surface area contributed by atoms with Crippen LogP contribution in [0, 0.1) is 23.2 Å². The molecule has 4 rings (SSSR count). The van der Waals surface area contributed by atoms with Gasteiger partial charge in [-0.25, -0.2) is 9.59 Å². The lowest BCUT2D eigenvalue weighted by atomic mass is 9.85. The highest BCUT2D eigenvalue weighted by Crippen LogP contribution is 2.52. The summed E-state index contributed by atoms with van der Waals surface area (Å²) in [5.74, 6) is -1.05. The molecule has 3 amide bonds. The minimum atomic E-state index is -1.32. The monoisotopic (exact) mass is 479 g/mol. The molecule has 4 fully saturated rings. The lowest BCUT2D eigenvalue weighted by molar-refractivity contribution is -0.146. The number of ether oxygens (including phenoxy) is 1. The third-order valence-corrected chi connectivity index (χ3v) is 8.04. The quantitative estimate of drug-likeness (QED) is 0.430. The van der Waals surface area contributed by atoms with Crippen LogP contribution in [0.1, 0.15) is 66.2 Å². The summed E-state index contributed by atoms with van der Waals surface area (Å²) in [5.41, 5.74) is -2.00. The zero-order valence-electron chi connectivity index (χ0n) is 20.4. The van der Waals surface area contributed by atoms with Gasteiger partial charge >= 0.3 is 12.1 Å². The first kappa shape index (κ1) is 24.8. The molecule has 1 heterocycles. The zero-order valence-corrected chi connectivity index (χ0v) is 20.4. The van der Waals surface area contributed by atoms with Gasteiger partial charge in [-0.05, 0) is 48.9 Å². The molecule has 0 radical (unpaired) electrons. The largest absolute Gasteiger partial charge is 0.479 e. The summed E-state index contributed by atoms with van der Waals surface area (Å²) in [4.78, 5) is 52.3. The van der Waals surface area contributed by atoms with Crippen molar-refractivity contribution in [3.63, 3.8) is 0 Å². The number of alkyl carbamates (subject to hydrolysis) is 1. The minimum Gasteiger partial charge on any atom is -0.479 e. The van der Waals surface area contributed by atoms with Crippen molar-refractivity contribution >= 4 is 23.9 Å². The molecule has 1 saturated heterocycles. The number of nitrogens with zero attached hydrogens (tertiary/aromatic N) is 1. The van der Waals surface area contributed by atoms with Crippen LogP contribution in [0.3, 0.4) is 0 Å². The number of aliphatic hydroxyl groups is 1. The fraction of sp³-hybridized carbons (Fsp3) is 0.833. The van der Waals surface area contributed by atoms with E-state index in [1.807, 2.05) is 6.92 Å². The van der Waals surface area contributed by atoms with E-state index in [0.29, 0.717) is 24.7 Å². The molecule has 3 saturated carbocycles. The predicted molar refractivity (Wildman–Crippen MR) is 121 cm³/mol. The molecule has 4 N–H and O–H groups in total. The number of carbonyl (C=O) groups is 4. The summed E-state index contributed by atoms with van der Waals surface area (Å²) >= 11 is 0. The Hall–Kier alpha value is -2.36. The van der Waals surface area contributed by atoms with E-state index in [0.717, 1.165) is 12.8 Å². The first-order valence-electron chi connectivity index (χ1n) is 12.4. The van der Waals surface area contributed by atoms with E-state index in [4.69, 9.17) is 4.74 Å².